The van der Waals surface area contributed by atoms with Crippen molar-refractivity contribution in [3.05, 3.63) is 18.6 Å². The average Bonchev–Trinajstić information content (AvgIpc) is 3.20. The van der Waals surface area contributed by atoms with Gasteiger partial charge in [-0.15, -0.1) is 0 Å². The SMILES string of the molecule is N#CCC(=O)N1CCN(c2ncnc3[nH]ccc23)CC2CCCC21. The first-order valence-electron chi connectivity index (χ1n) is 8.47. The number of carbonyl (C=O) groups excluding carboxylic acids is 1. The van der Waals surface area contributed by atoms with Gasteiger partial charge in [-0.2, -0.15) is 5.26 Å². The van der Waals surface area contributed by atoms with E-state index in [1.165, 1.54) is 0 Å². The Morgan fingerprint density at radius 3 is 3.17 bits per heavy atom. The predicted octanol–water partition coefficient (Wildman–Crippen LogP) is 1.69. The van der Waals surface area contributed by atoms with E-state index in [4.69, 9.17) is 5.26 Å². The van der Waals surface area contributed by atoms with E-state index in [1.54, 1.807) is 6.33 Å². The summed E-state index contributed by atoms with van der Waals surface area (Å²) < 4.78 is 0. The summed E-state index contributed by atoms with van der Waals surface area (Å²) in [5.41, 5.74) is 0.838. The second-order valence-electron chi connectivity index (χ2n) is 6.56. The van der Waals surface area contributed by atoms with Crippen molar-refractivity contribution in [2.75, 3.05) is 24.5 Å². The summed E-state index contributed by atoms with van der Waals surface area (Å²) in [6, 6.07) is 4.26. The minimum atomic E-state index is -0.0364. The fourth-order valence-corrected chi connectivity index (χ4v) is 4.19. The minimum absolute atomic E-state index is 0.0290. The molecular formula is C17H20N6O. The number of rotatable bonds is 2. The van der Waals surface area contributed by atoms with E-state index < -0.39 is 0 Å². The molecule has 2 aromatic rings. The molecule has 2 fully saturated rings. The van der Waals surface area contributed by atoms with Crippen molar-refractivity contribution in [1.29, 1.82) is 5.26 Å². The molecule has 0 spiro atoms. The number of nitrogens with zero attached hydrogens (tertiary/aromatic N) is 5. The third-order valence-electron chi connectivity index (χ3n) is 5.27. The maximum absolute atomic E-state index is 12.4. The molecule has 3 heterocycles. The number of aromatic nitrogens is 3. The second kappa shape index (κ2) is 6.11. The molecule has 0 aromatic carbocycles. The Morgan fingerprint density at radius 1 is 1.38 bits per heavy atom. The number of H-pyrrole nitrogens is 1. The number of amides is 1. The van der Waals surface area contributed by atoms with Crippen LogP contribution in [0.5, 0.6) is 0 Å². The van der Waals surface area contributed by atoms with Gasteiger partial charge in [0.25, 0.3) is 0 Å². The number of nitrogens with one attached hydrogen (secondary N) is 1. The molecule has 0 bridgehead atoms. The Balaban J connectivity index is 1.64. The molecule has 1 saturated heterocycles. The predicted molar refractivity (Wildman–Crippen MR) is 89.2 cm³/mol. The smallest absolute Gasteiger partial charge is 0.237 e. The summed E-state index contributed by atoms with van der Waals surface area (Å²) in [6.45, 7) is 2.29. The Kier molecular flexibility index (Phi) is 3.81. The molecular weight excluding hydrogens is 304 g/mol. The molecule has 1 saturated carbocycles. The summed E-state index contributed by atoms with van der Waals surface area (Å²) in [7, 11) is 0. The van der Waals surface area contributed by atoms with Crippen LogP contribution in [0.2, 0.25) is 0 Å². The number of carbonyl (C=O) groups is 1. The van der Waals surface area contributed by atoms with Gasteiger partial charge in [0.05, 0.1) is 11.5 Å². The van der Waals surface area contributed by atoms with Gasteiger partial charge in [0.15, 0.2) is 0 Å². The first kappa shape index (κ1) is 14.9. The first-order valence-corrected chi connectivity index (χ1v) is 8.47. The minimum Gasteiger partial charge on any atom is -0.354 e. The van der Waals surface area contributed by atoms with Crippen LogP contribution in [-0.4, -0.2) is 51.4 Å². The number of hydrogen-bond acceptors (Lipinski definition) is 5. The van der Waals surface area contributed by atoms with Crippen molar-refractivity contribution in [1.82, 2.24) is 19.9 Å². The van der Waals surface area contributed by atoms with Crippen LogP contribution in [0, 0.1) is 17.2 Å². The Hall–Kier alpha value is -2.62. The molecule has 2 aromatic heterocycles. The number of nitriles is 1. The molecule has 1 amide bonds. The highest BCUT2D eigenvalue weighted by Crippen LogP contribution is 2.35. The lowest BCUT2D eigenvalue weighted by Crippen LogP contribution is -2.42. The van der Waals surface area contributed by atoms with Gasteiger partial charge in [0, 0.05) is 31.9 Å². The van der Waals surface area contributed by atoms with E-state index in [1.807, 2.05) is 23.2 Å². The zero-order valence-corrected chi connectivity index (χ0v) is 13.5. The number of fused-ring (bicyclic) bond motifs is 2. The monoisotopic (exact) mass is 324 g/mol. The fraction of sp³-hybridized carbons (Fsp3) is 0.529. The van der Waals surface area contributed by atoms with Crippen LogP contribution in [-0.2, 0) is 4.79 Å². The van der Waals surface area contributed by atoms with Gasteiger partial charge >= 0.3 is 0 Å². The van der Waals surface area contributed by atoms with Gasteiger partial charge < -0.3 is 14.8 Å². The molecule has 7 heteroatoms. The van der Waals surface area contributed by atoms with Gasteiger partial charge in [-0.25, -0.2) is 9.97 Å². The second-order valence-corrected chi connectivity index (χ2v) is 6.56. The fourth-order valence-electron chi connectivity index (χ4n) is 4.19. The standard InChI is InChI=1S/C17H20N6O/c18-6-4-15(24)23-9-8-22(10-12-2-1-3-14(12)23)17-13-5-7-19-16(13)20-11-21-17/h5,7,11-12,14H,1-4,8-10H2,(H,19,20,21). The van der Waals surface area contributed by atoms with E-state index in [9.17, 15) is 4.79 Å². The molecule has 0 radical (unpaired) electrons. The highest BCUT2D eigenvalue weighted by Gasteiger charge is 2.38. The number of aromatic amines is 1. The molecule has 2 aliphatic rings. The van der Waals surface area contributed by atoms with Gasteiger partial charge in [-0.3, -0.25) is 4.79 Å². The highest BCUT2D eigenvalue weighted by molar-refractivity contribution is 5.87. The molecule has 124 valence electrons. The summed E-state index contributed by atoms with van der Waals surface area (Å²) in [6.07, 6.45) is 6.74. The lowest BCUT2D eigenvalue weighted by molar-refractivity contribution is -0.132. The topological polar surface area (TPSA) is 88.9 Å². The Morgan fingerprint density at radius 2 is 2.29 bits per heavy atom. The third-order valence-corrected chi connectivity index (χ3v) is 5.27. The molecule has 7 nitrogen and oxygen atoms in total. The maximum atomic E-state index is 12.4. The van der Waals surface area contributed by atoms with E-state index in [-0.39, 0.29) is 18.4 Å². The lowest BCUT2D eigenvalue weighted by atomic mass is 10.0. The lowest BCUT2D eigenvalue weighted by Gasteiger charge is -2.29. The molecule has 4 rings (SSSR count). The van der Waals surface area contributed by atoms with Crippen LogP contribution in [0.3, 0.4) is 0 Å². The van der Waals surface area contributed by atoms with Crippen LogP contribution < -0.4 is 4.90 Å². The van der Waals surface area contributed by atoms with Gasteiger partial charge in [0.1, 0.15) is 24.2 Å². The zero-order valence-electron chi connectivity index (χ0n) is 13.5. The van der Waals surface area contributed by atoms with Crippen LogP contribution in [0.4, 0.5) is 5.82 Å². The summed E-state index contributed by atoms with van der Waals surface area (Å²) in [5.74, 6) is 1.34. The number of anilines is 1. The van der Waals surface area contributed by atoms with Gasteiger partial charge in [-0.05, 0) is 24.8 Å². The summed E-state index contributed by atoms with van der Waals surface area (Å²) >= 11 is 0. The quantitative estimate of drug-likeness (QED) is 0.908. The van der Waals surface area contributed by atoms with Crippen molar-refractivity contribution in [3.63, 3.8) is 0 Å². The largest absolute Gasteiger partial charge is 0.354 e. The van der Waals surface area contributed by atoms with Crippen LogP contribution in [0.1, 0.15) is 25.7 Å². The molecule has 2 atom stereocenters. The highest BCUT2D eigenvalue weighted by atomic mass is 16.2. The zero-order chi connectivity index (χ0) is 16.5. The van der Waals surface area contributed by atoms with Gasteiger partial charge in [0.2, 0.25) is 5.91 Å². The normalized spacial score (nSPS) is 23.8. The van der Waals surface area contributed by atoms with Crippen LogP contribution >= 0.6 is 0 Å². The molecule has 1 aliphatic heterocycles. The Bertz CT molecular complexity index is 794. The molecule has 2 unspecified atom stereocenters. The van der Waals surface area contributed by atoms with Crippen LogP contribution in [0.15, 0.2) is 18.6 Å². The van der Waals surface area contributed by atoms with Crippen LogP contribution in [0.25, 0.3) is 11.0 Å². The van der Waals surface area contributed by atoms with E-state index in [2.05, 4.69) is 19.9 Å². The summed E-state index contributed by atoms with van der Waals surface area (Å²) in [4.78, 5) is 28.5. The Labute approximate surface area is 140 Å². The van der Waals surface area contributed by atoms with Crippen molar-refractivity contribution in [2.24, 2.45) is 5.92 Å². The molecule has 1 aliphatic carbocycles. The van der Waals surface area contributed by atoms with Crippen molar-refractivity contribution in [2.45, 2.75) is 31.7 Å². The van der Waals surface area contributed by atoms with Gasteiger partial charge in [-0.1, -0.05) is 6.42 Å². The molecule has 24 heavy (non-hydrogen) atoms. The van der Waals surface area contributed by atoms with E-state index >= 15 is 0 Å². The number of hydrogen-bond donors (Lipinski definition) is 1. The third kappa shape index (κ3) is 2.48. The van der Waals surface area contributed by atoms with Crippen molar-refractivity contribution in [3.8, 4) is 6.07 Å². The van der Waals surface area contributed by atoms with E-state index in [0.717, 1.165) is 49.2 Å². The maximum Gasteiger partial charge on any atom is 0.237 e. The van der Waals surface area contributed by atoms with Crippen molar-refractivity contribution >= 4 is 22.8 Å². The first-order chi connectivity index (χ1) is 11.8. The van der Waals surface area contributed by atoms with E-state index in [0.29, 0.717) is 12.5 Å². The van der Waals surface area contributed by atoms with Crippen molar-refractivity contribution < 1.29 is 4.79 Å². The summed E-state index contributed by atoms with van der Waals surface area (Å²) in [5, 5.41) is 9.89. The molecule has 1 N–H and O–H groups in total. The average molecular weight is 324 g/mol.